The molecule has 2 aromatic carbocycles. The molecule has 9 heteroatoms. The van der Waals surface area contributed by atoms with Gasteiger partial charge in [-0.1, -0.05) is 11.8 Å². The Morgan fingerprint density at radius 3 is 2.50 bits per heavy atom. The predicted molar refractivity (Wildman–Crippen MR) is 107 cm³/mol. The van der Waals surface area contributed by atoms with E-state index in [0.717, 1.165) is 23.1 Å². The molecule has 1 atom stereocenters. The average Bonchev–Trinajstić information content (AvgIpc) is 2.98. The molecule has 1 amide bonds. The smallest absolute Gasteiger partial charge is 0.305 e. The molecule has 2 aromatic rings. The van der Waals surface area contributed by atoms with Crippen LogP contribution in [0.25, 0.3) is 0 Å². The zero-order chi connectivity index (χ0) is 20.1. The van der Waals surface area contributed by atoms with E-state index in [-0.39, 0.29) is 17.3 Å². The van der Waals surface area contributed by atoms with E-state index in [1.54, 1.807) is 43.5 Å². The number of nitrogens with zero attached hydrogens (tertiary/aromatic N) is 3. The van der Waals surface area contributed by atoms with Gasteiger partial charge in [-0.15, -0.1) is 5.10 Å². The van der Waals surface area contributed by atoms with E-state index in [0.29, 0.717) is 5.69 Å². The molecule has 28 heavy (non-hydrogen) atoms. The zero-order valence-corrected chi connectivity index (χ0v) is 15.7. The maximum Gasteiger partial charge on any atom is 0.305 e. The molecule has 0 radical (unpaired) electrons. The lowest BCUT2D eigenvalue weighted by Gasteiger charge is -2.15. The van der Waals surface area contributed by atoms with Crippen LogP contribution in [-0.4, -0.2) is 45.8 Å². The third-order valence-corrected chi connectivity index (χ3v) is 5.00. The van der Waals surface area contributed by atoms with Gasteiger partial charge in [0.1, 0.15) is 16.7 Å². The number of benzene rings is 2. The summed E-state index contributed by atoms with van der Waals surface area (Å²) >= 11 is 1.04. The Hall–Kier alpha value is -3.33. The van der Waals surface area contributed by atoms with Gasteiger partial charge in [0, 0.05) is 0 Å². The highest BCUT2D eigenvalue weighted by Crippen LogP contribution is 2.34. The van der Waals surface area contributed by atoms with Crippen molar-refractivity contribution in [1.82, 2.24) is 0 Å². The van der Waals surface area contributed by atoms with E-state index in [9.17, 15) is 14.7 Å². The molecule has 0 saturated carbocycles. The van der Waals surface area contributed by atoms with Gasteiger partial charge in [0.2, 0.25) is 5.91 Å². The number of phenols is 1. The fourth-order valence-electron chi connectivity index (χ4n) is 2.50. The van der Waals surface area contributed by atoms with Gasteiger partial charge in [0.15, 0.2) is 5.17 Å². The molecule has 3 rings (SSSR count). The van der Waals surface area contributed by atoms with Gasteiger partial charge in [-0.05, 0) is 54.1 Å². The molecule has 0 spiro atoms. The van der Waals surface area contributed by atoms with Crippen molar-refractivity contribution in [3.8, 4) is 11.5 Å². The standard InChI is InChI=1S/C19H17N3O5S/c1-27-15-8-2-12(3-9-15)11-20-21-19-22(13-4-6-14(23)7-5-13)18(26)16(28-19)10-17(24)25/h2-9,11,16,23H,10H2,1H3,(H,24,25)/b20-11+,21-19+/t16-/m1/s1. The van der Waals surface area contributed by atoms with Crippen LogP contribution in [0.2, 0.25) is 0 Å². The van der Waals surface area contributed by atoms with Crippen LogP contribution in [0.4, 0.5) is 5.69 Å². The quantitative estimate of drug-likeness (QED) is 0.571. The van der Waals surface area contributed by atoms with Crippen LogP contribution < -0.4 is 9.64 Å². The number of amides is 1. The van der Waals surface area contributed by atoms with Crippen LogP contribution in [0.1, 0.15) is 12.0 Å². The highest BCUT2D eigenvalue weighted by atomic mass is 32.2. The van der Waals surface area contributed by atoms with Crippen molar-refractivity contribution in [3.05, 3.63) is 54.1 Å². The van der Waals surface area contributed by atoms with Crippen LogP contribution >= 0.6 is 11.8 Å². The average molecular weight is 399 g/mol. The second-order valence-electron chi connectivity index (χ2n) is 5.79. The fraction of sp³-hybridized carbons (Fsp3) is 0.158. The second-order valence-corrected chi connectivity index (χ2v) is 6.96. The van der Waals surface area contributed by atoms with Crippen molar-refractivity contribution in [2.75, 3.05) is 12.0 Å². The first kappa shape index (κ1) is 19.4. The van der Waals surface area contributed by atoms with Crippen molar-refractivity contribution in [2.45, 2.75) is 11.7 Å². The molecule has 1 aliphatic rings. The zero-order valence-electron chi connectivity index (χ0n) is 14.8. The van der Waals surface area contributed by atoms with E-state index in [4.69, 9.17) is 9.84 Å². The number of phenolic OH excluding ortho intramolecular Hbond substituents is 1. The number of anilines is 1. The predicted octanol–water partition coefficient (Wildman–Crippen LogP) is 2.71. The number of hydrogen-bond acceptors (Lipinski definition) is 7. The number of hydrogen-bond donors (Lipinski definition) is 2. The minimum atomic E-state index is -1.07. The normalized spacial score (nSPS) is 18.2. The van der Waals surface area contributed by atoms with Gasteiger partial charge in [-0.3, -0.25) is 14.5 Å². The van der Waals surface area contributed by atoms with Crippen LogP contribution in [0.15, 0.2) is 58.7 Å². The van der Waals surface area contributed by atoms with E-state index < -0.39 is 17.1 Å². The highest BCUT2D eigenvalue weighted by Gasteiger charge is 2.40. The lowest BCUT2D eigenvalue weighted by molar-refractivity contribution is -0.138. The molecule has 1 heterocycles. The Kier molecular flexibility index (Phi) is 5.95. The number of carboxylic acids is 1. The summed E-state index contributed by atoms with van der Waals surface area (Å²) in [6, 6.07) is 13.2. The third-order valence-electron chi connectivity index (χ3n) is 3.87. The summed E-state index contributed by atoms with van der Waals surface area (Å²) in [6.07, 6.45) is 1.20. The number of methoxy groups -OCH3 is 1. The van der Waals surface area contributed by atoms with Gasteiger partial charge in [0.05, 0.1) is 25.4 Å². The number of carbonyl (C=O) groups is 2. The molecule has 0 bridgehead atoms. The minimum Gasteiger partial charge on any atom is -0.508 e. The Morgan fingerprint density at radius 1 is 1.21 bits per heavy atom. The summed E-state index contributed by atoms with van der Waals surface area (Å²) in [5.74, 6) is -0.687. The number of amidine groups is 1. The van der Waals surface area contributed by atoms with Crippen LogP contribution in [0.5, 0.6) is 11.5 Å². The third kappa shape index (κ3) is 4.49. The van der Waals surface area contributed by atoms with Gasteiger partial charge in [-0.25, -0.2) is 0 Å². The summed E-state index contributed by atoms with van der Waals surface area (Å²) in [5, 5.41) is 26.1. The minimum absolute atomic E-state index is 0.0566. The molecule has 0 aromatic heterocycles. The lowest BCUT2D eigenvalue weighted by atomic mass is 10.2. The number of rotatable bonds is 6. The maximum atomic E-state index is 12.7. The topological polar surface area (TPSA) is 112 Å². The number of carbonyl (C=O) groups excluding carboxylic acids is 1. The summed E-state index contributed by atoms with van der Waals surface area (Å²) in [6.45, 7) is 0. The molecule has 1 fully saturated rings. The fourth-order valence-corrected chi connectivity index (χ4v) is 3.58. The van der Waals surface area contributed by atoms with Crippen LogP contribution in [0, 0.1) is 0 Å². The maximum absolute atomic E-state index is 12.7. The van der Waals surface area contributed by atoms with Gasteiger partial charge in [-0.2, -0.15) is 5.10 Å². The van der Waals surface area contributed by atoms with Crippen molar-refractivity contribution in [2.24, 2.45) is 10.2 Å². The van der Waals surface area contributed by atoms with E-state index >= 15 is 0 Å². The molecule has 144 valence electrons. The second kappa shape index (κ2) is 8.57. The van der Waals surface area contributed by atoms with Crippen molar-refractivity contribution in [3.63, 3.8) is 0 Å². The van der Waals surface area contributed by atoms with E-state index in [1.807, 2.05) is 0 Å². The molecule has 1 saturated heterocycles. The van der Waals surface area contributed by atoms with Crippen molar-refractivity contribution < 1.29 is 24.5 Å². The van der Waals surface area contributed by atoms with Gasteiger partial charge < -0.3 is 14.9 Å². The monoisotopic (exact) mass is 399 g/mol. The number of carboxylic acid groups (broad SMARTS) is 1. The number of ether oxygens (including phenoxy) is 1. The molecule has 2 N–H and O–H groups in total. The summed E-state index contributed by atoms with van der Waals surface area (Å²) < 4.78 is 5.10. The Bertz CT molecular complexity index is 926. The number of aromatic hydroxyl groups is 1. The Labute approximate surface area is 165 Å². The molecule has 8 nitrogen and oxygen atoms in total. The van der Waals surface area contributed by atoms with E-state index in [2.05, 4.69) is 10.2 Å². The highest BCUT2D eigenvalue weighted by molar-refractivity contribution is 8.16. The first-order valence-corrected chi connectivity index (χ1v) is 9.12. The molecule has 0 unspecified atom stereocenters. The Morgan fingerprint density at radius 2 is 1.89 bits per heavy atom. The van der Waals surface area contributed by atoms with Gasteiger partial charge >= 0.3 is 5.97 Å². The van der Waals surface area contributed by atoms with Crippen molar-refractivity contribution >= 4 is 40.7 Å². The first-order chi connectivity index (χ1) is 13.5. The van der Waals surface area contributed by atoms with Gasteiger partial charge in [0.25, 0.3) is 0 Å². The summed E-state index contributed by atoms with van der Waals surface area (Å²) in [7, 11) is 1.58. The van der Waals surface area contributed by atoms with Crippen molar-refractivity contribution in [1.29, 1.82) is 0 Å². The SMILES string of the molecule is COc1ccc(/C=N/N=C2/S[C@H](CC(=O)O)C(=O)N2c2ccc(O)cc2)cc1. The van der Waals surface area contributed by atoms with E-state index in [1.165, 1.54) is 23.2 Å². The summed E-state index contributed by atoms with van der Waals surface area (Å²) in [5.41, 5.74) is 1.26. The molecule has 1 aliphatic heterocycles. The molecular weight excluding hydrogens is 382 g/mol. The Balaban J connectivity index is 1.86. The molecular formula is C19H17N3O5S. The largest absolute Gasteiger partial charge is 0.508 e. The lowest BCUT2D eigenvalue weighted by Crippen LogP contribution is -2.32. The first-order valence-electron chi connectivity index (χ1n) is 8.24. The van der Waals surface area contributed by atoms with Crippen LogP contribution in [0.3, 0.4) is 0 Å². The van der Waals surface area contributed by atoms with Crippen LogP contribution in [-0.2, 0) is 9.59 Å². The number of aliphatic carboxylic acids is 1. The molecule has 0 aliphatic carbocycles. The number of thioether (sulfide) groups is 1. The summed E-state index contributed by atoms with van der Waals surface area (Å²) in [4.78, 5) is 25.0.